The molecule has 1 atom stereocenters. The largest absolute Gasteiger partial charge is 0.324 e. The molecule has 1 rings (SSSR count). The predicted molar refractivity (Wildman–Crippen MR) is 49.2 cm³/mol. The Hall–Kier alpha value is 0.240. The third-order valence-corrected chi connectivity index (χ3v) is 2.47. The van der Waals surface area contributed by atoms with Crippen LogP contribution in [-0.2, 0) is 0 Å². The Bertz CT molecular complexity index is 197. The molecule has 0 saturated carbocycles. The Kier molecular flexibility index (Phi) is 4.29. The molecule has 1 nitrogen and oxygen atoms in total. The minimum Gasteiger partial charge on any atom is -0.324 e. The minimum absolute atomic E-state index is 0. The number of rotatable bonds is 1. The summed E-state index contributed by atoms with van der Waals surface area (Å²) in [4.78, 5) is 1.14. The van der Waals surface area contributed by atoms with Gasteiger partial charge in [0.15, 0.2) is 0 Å². The lowest BCUT2D eigenvalue weighted by Crippen LogP contribution is -2.01. The molecule has 0 saturated heterocycles. The van der Waals surface area contributed by atoms with E-state index in [0.717, 1.165) is 9.21 Å². The smallest absolute Gasteiger partial charge is 0.0931 e. The standard InChI is InChI=1S/C6H8ClNS.ClH/c1-4(8)5-2-3-6(7)9-5;/h2-4H,8H2,1H3;1H/t4-;/m1./s1. The van der Waals surface area contributed by atoms with Crippen molar-refractivity contribution in [1.29, 1.82) is 0 Å². The van der Waals surface area contributed by atoms with E-state index < -0.39 is 0 Å². The van der Waals surface area contributed by atoms with Gasteiger partial charge in [-0.05, 0) is 19.1 Å². The van der Waals surface area contributed by atoms with Gasteiger partial charge in [0.1, 0.15) is 0 Å². The first-order valence-electron chi connectivity index (χ1n) is 2.71. The van der Waals surface area contributed by atoms with Gasteiger partial charge in [0.2, 0.25) is 0 Å². The van der Waals surface area contributed by atoms with Gasteiger partial charge in [0.05, 0.1) is 4.34 Å². The van der Waals surface area contributed by atoms with Crippen LogP contribution in [0.3, 0.4) is 0 Å². The van der Waals surface area contributed by atoms with Crippen molar-refractivity contribution in [1.82, 2.24) is 0 Å². The second-order valence-electron chi connectivity index (χ2n) is 1.93. The Morgan fingerprint density at radius 1 is 1.60 bits per heavy atom. The SMILES string of the molecule is C[C@@H](N)c1ccc(Cl)s1.Cl. The molecule has 1 aromatic rings. The molecule has 0 amide bonds. The maximum Gasteiger partial charge on any atom is 0.0931 e. The van der Waals surface area contributed by atoms with Gasteiger partial charge in [-0.1, -0.05) is 11.6 Å². The van der Waals surface area contributed by atoms with Gasteiger partial charge in [-0.3, -0.25) is 0 Å². The van der Waals surface area contributed by atoms with Crippen LogP contribution < -0.4 is 5.73 Å². The first-order chi connectivity index (χ1) is 4.20. The molecule has 0 fully saturated rings. The summed E-state index contributed by atoms with van der Waals surface area (Å²) in [5, 5.41) is 0. The fourth-order valence-corrected chi connectivity index (χ4v) is 1.59. The molecular formula is C6H9Cl2NS. The number of hydrogen-bond donors (Lipinski definition) is 1. The second kappa shape index (κ2) is 4.19. The molecule has 58 valence electrons. The lowest BCUT2D eigenvalue weighted by Gasteiger charge is -1.96. The third-order valence-electron chi connectivity index (χ3n) is 1.04. The highest BCUT2D eigenvalue weighted by molar-refractivity contribution is 7.16. The van der Waals surface area contributed by atoms with Crippen LogP contribution >= 0.6 is 35.3 Å². The molecule has 0 spiro atoms. The monoisotopic (exact) mass is 197 g/mol. The molecule has 0 radical (unpaired) electrons. The zero-order chi connectivity index (χ0) is 6.85. The summed E-state index contributed by atoms with van der Waals surface area (Å²) in [5.74, 6) is 0. The van der Waals surface area contributed by atoms with Crippen molar-refractivity contribution in [2.75, 3.05) is 0 Å². The van der Waals surface area contributed by atoms with Crippen molar-refractivity contribution in [3.8, 4) is 0 Å². The van der Waals surface area contributed by atoms with E-state index in [4.69, 9.17) is 17.3 Å². The summed E-state index contributed by atoms with van der Waals surface area (Å²) in [6.07, 6.45) is 0. The highest BCUT2D eigenvalue weighted by Gasteiger charge is 2.00. The lowest BCUT2D eigenvalue weighted by molar-refractivity contribution is 0.838. The molecule has 0 aliphatic rings. The molecule has 0 bridgehead atoms. The number of thiophene rings is 1. The van der Waals surface area contributed by atoms with E-state index in [1.54, 1.807) is 0 Å². The maximum atomic E-state index is 5.67. The van der Waals surface area contributed by atoms with Crippen molar-refractivity contribution in [3.63, 3.8) is 0 Å². The molecule has 0 aliphatic heterocycles. The second-order valence-corrected chi connectivity index (χ2v) is 3.68. The van der Waals surface area contributed by atoms with Gasteiger partial charge >= 0.3 is 0 Å². The van der Waals surface area contributed by atoms with Crippen molar-refractivity contribution >= 4 is 35.3 Å². The zero-order valence-electron chi connectivity index (χ0n) is 5.50. The molecule has 10 heavy (non-hydrogen) atoms. The van der Waals surface area contributed by atoms with Crippen molar-refractivity contribution in [3.05, 3.63) is 21.3 Å². The van der Waals surface area contributed by atoms with Crippen molar-refractivity contribution in [2.45, 2.75) is 13.0 Å². The Morgan fingerprint density at radius 3 is 2.40 bits per heavy atom. The van der Waals surface area contributed by atoms with Gasteiger partial charge in [-0.15, -0.1) is 23.7 Å². The highest BCUT2D eigenvalue weighted by atomic mass is 35.5. The van der Waals surface area contributed by atoms with Crippen molar-refractivity contribution < 1.29 is 0 Å². The van der Waals surface area contributed by atoms with E-state index in [1.807, 2.05) is 19.1 Å². The molecule has 0 aromatic carbocycles. The molecule has 0 unspecified atom stereocenters. The Morgan fingerprint density at radius 2 is 2.20 bits per heavy atom. The summed E-state index contributed by atoms with van der Waals surface area (Å²) in [6, 6.07) is 3.94. The van der Waals surface area contributed by atoms with Crippen LogP contribution in [0.5, 0.6) is 0 Å². The van der Waals surface area contributed by atoms with Crippen LogP contribution in [0.4, 0.5) is 0 Å². The zero-order valence-corrected chi connectivity index (χ0v) is 7.89. The van der Waals surface area contributed by atoms with E-state index in [1.165, 1.54) is 11.3 Å². The summed E-state index contributed by atoms with van der Waals surface area (Å²) in [6.45, 7) is 1.95. The number of halogens is 2. The first kappa shape index (κ1) is 10.2. The van der Waals surface area contributed by atoms with Gasteiger partial charge < -0.3 is 5.73 Å². The fraction of sp³-hybridized carbons (Fsp3) is 0.333. The molecule has 4 heteroatoms. The normalized spacial score (nSPS) is 12.3. The van der Waals surface area contributed by atoms with E-state index in [2.05, 4.69) is 0 Å². The Labute approximate surface area is 75.6 Å². The Balaban J connectivity index is 0.000000810. The molecule has 1 heterocycles. The van der Waals surface area contributed by atoms with Gasteiger partial charge in [-0.2, -0.15) is 0 Å². The first-order valence-corrected chi connectivity index (χ1v) is 3.90. The maximum absolute atomic E-state index is 5.67. The van der Waals surface area contributed by atoms with Crippen LogP contribution in [0.25, 0.3) is 0 Å². The third kappa shape index (κ3) is 2.46. The molecule has 0 aliphatic carbocycles. The van der Waals surface area contributed by atoms with Crippen LogP contribution in [0.15, 0.2) is 12.1 Å². The fourth-order valence-electron chi connectivity index (χ4n) is 0.573. The summed E-state index contributed by atoms with van der Waals surface area (Å²) >= 11 is 7.20. The highest BCUT2D eigenvalue weighted by Crippen LogP contribution is 2.24. The quantitative estimate of drug-likeness (QED) is 0.737. The summed E-state index contributed by atoms with van der Waals surface area (Å²) in [7, 11) is 0. The van der Waals surface area contributed by atoms with E-state index >= 15 is 0 Å². The van der Waals surface area contributed by atoms with Gasteiger partial charge in [-0.25, -0.2) is 0 Å². The number of hydrogen-bond acceptors (Lipinski definition) is 2. The lowest BCUT2D eigenvalue weighted by atomic mass is 10.3. The topological polar surface area (TPSA) is 26.0 Å². The molecular weight excluding hydrogens is 189 g/mol. The molecule has 1 aromatic heterocycles. The average Bonchev–Trinajstić information content (AvgIpc) is 2.14. The minimum atomic E-state index is 0. The molecule has 2 N–H and O–H groups in total. The number of nitrogens with two attached hydrogens (primary N) is 1. The van der Waals surface area contributed by atoms with Crippen LogP contribution in [0.1, 0.15) is 17.8 Å². The predicted octanol–water partition coefficient (Wildman–Crippen LogP) is 2.84. The van der Waals surface area contributed by atoms with Crippen LogP contribution in [-0.4, -0.2) is 0 Å². The van der Waals surface area contributed by atoms with Crippen LogP contribution in [0, 0.1) is 0 Å². The van der Waals surface area contributed by atoms with Crippen molar-refractivity contribution in [2.24, 2.45) is 5.73 Å². The van der Waals surface area contributed by atoms with E-state index in [9.17, 15) is 0 Å². The van der Waals surface area contributed by atoms with E-state index in [0.29, 0.717) is 0 Å². The van der Waals surface area contributed by atoms with E-state index in [-0.39, 0.29) is 18.4 Å². The summed E-state index contributed by atoms with van der Waals surface area (Å²) < 4.78 is 0.808. The average molecular weight is 198 g/mol. The van der Waals surface area contributed by atoms with Gasteiger partial charge in [0, 0.05) is 10.9 Å². The summed E-state index contributed by atoms with van der Waals surface area (Å²) in [5.41, 5.74) is 5.58. The van der Waals surface area contributed by atoms with Crippen LogP contribution in [0.2, 0.25) is 4.34 Å². The van der Waals surface area contributed by atoms with Gasteiger partial charge in [0.25, 0.3) is 0 Å².